The second-order valence-electron chi connectivity index (χ2n) is 8.91. The van der Waals surface area contributed by atoms with E-state index in [0.29, 0.717) is 49.8 Å². The van der Waals surface area contributed by atoms with Gasteiger partial charge in [-0.15, -0.1) is 0 Å². The van der Waals surface area contributed by atoms with Crippen LogP contribution >= 0.6 is 43.2 Å². The number of aromatic nitrogens is 1. The zero-order valence-corrected chi connectivity index (χ0v) is 26.0. The fourth-order valence-corrected chi connectivity index (χ4v) is 6.69. The van der Waals surface area contributed by atoms with E-state index in [4.69, 9.17) is 14.2 Å². The first kappa shape index (κ1) is 29.0. The Morgan fingerprint density at radius 1 is 1.26 bits per heavy atom. The van der Waals surface area contributed by atoms with Crippen molar-refractivity contribution in [3.63, 3.8) is 0 Å². The molecule has 0 fully saturated rings. The van der Waals surface area contributed by atoms with E-state index in [2.05, 4.69) is 43.4 Å². The molecule has 10 heteroatoms. The second-order valence-corrected chi connectivity index (χ2v) is 11.7. The van der Waals surface area contributed by atoms with Crippen molar-refractivity contribution in [1.82, 2.24) is 4.57 Å². The summed E-state index contributed by atoms with van der Waals surface area (Å²) in [6.07, 6.45) is 3.32. The molecular weight excluding hydrogens is 648 g/mol. The van der Waals surface area contributed by atoms with Crippen molar-refractivity contribution in [2.24, 2.45) is 4.99 Å². The van der Waals surface area contributed by atoms with Gasteiger partial charge in [0, 0.05) is 15.6 Å². The van der Waals surface area contributed by atoms with E-state index in [9.17, 15) is 9.59 Å². The van der Waals surface area contributed by atoms with Crippen LogP contribution in [-0.2, 0) is 9.53 Å². The van der Waals surface area contributed by atoms with E-state index < -0.39 is 12.0 Å². The van der Waals surface area contributed by atoms with Crippen molar-refractivity contribution < 1.29 is 19.0 Å². The van der Waals surface area contributed by atoms with Gasteiger partial charge in [0.15, 0.2) is 4.80 Å². The lowest BCUT2D eigenvalue weighted by Gasteiger charge is -2.26. The predicted molar refractivity (Wildman–Crippen MR) is 160 cm³/mol. The fraction of sp³-hybridized carbons (Fsp3) is 0.276. The van der Waals surface area contributed by atoms with Crippen LogP contribution < -0.4 is 24.4 Å². The molecule has 204 valence electrons. The van der Waals surface area contributed by atoms with Crippen LogP contribution in [0.5, 0.6) is 11.5 Å². The highest BCUT2D eigenvalue weighted by atomic mass is 79.9. The highest BCUT2D eigenvalue weighted by Crippen LogP contribution is 2.37. The lowest BCUT2D eigenvalue weighted by atomic mass is 9.95. The Kier molecular flexibility index (Phi) is 9.30. The van der Waals surface area contributed by atoms with Crippen LogP contribution in [0, 0.1) is 0 Å². The van der Waals surface area contributed by atoms with Crippen molar-refractivity contribution in [3.8, 4) is 11.5 Å². The van der Waals surface area contributed by atoms with E-state index in [1.807, 2.05) is 50.2 Å². The summed E-state index contributed by atoms with van der Waals surface area (Å²) in [5.74, 6) is 0.646. The number of esters is 1. The van der Waals surface area contributed by atoms with Gasteiger partial charge >= 0.3 is 5.97 Å². The van der Waals surface area contributed by atoms with E-state index >= 15 is 0 Å². The zero-order chi connectivity index (χ0) is 28.3. The molecule has 1 atom stereocenters. The summed E-state index contributed by atoms with van der Waals surface area (Å²) in [4.78, 5) is 32.4. The second kappa shape index (κ2) is 12.5. The number of nitrogens with zero attached hydrogens (tertiary/aromatic N) is 2. The van der Waals surface area contributed by atoms with Gasteiger partial charge in [0.1, 0.15) is 24.1 Å². The summed E-state index contributed by atoms with van der Waals surface area (Å²) in [5.41, 5.74) is 1.88. The lowest BCUT2D eigenvalue weighted by molar-refractivity contribution is -0.139. The average Bonchev–Trinajstić information content (AvgIpc) is 3.17. The Morgan fingerprint density at radius 3 is 2.69 bits per heavy atom. The van der Waals surface area contributed by atoms with Gasteiger partial charge in [-0.25, -0.2) is 9.79 Å². The third-order valence-electron chi connectivity index (χ3n) is 5.76. The molecule has 0 N–H and O–H groups in total. The maximum Gasteiger partial charge on any atom is 0.338 e. The number of rotatable bonds is 9. The molecule has 1 aliphatic rings. The van der Waals surface area contributed by atoms with E-state index in [-0.39, 0.29) is 18.3 Å². The van der Waals surface area contributed by atoms with Crippen LogP contribution in [0.15, 0.2) is 79.1 Å². The SMILES string of the molecule is C=CCOc1c(Br)cc(Br)cc1/C=c1\sc2n(c1=O)[C@H](c1ccccc1OC(C)C)C(C(=O)OCC)=C(C)N=2. The van der Waals surface area contributed by atoms with Gasteiger partial charge in [-0.05, 0) is 67.9 Å². The van der Waals surface area contributed by atoms with Crippen molar-refractivity contribution >= 4 is 55.2 Å². The minimum Gasteiger partial charge on any atom is -0.491 e. The van der Waals surface area contributed by atoms with Crippen LogP contribution in [0.1, 0.15) is 44.9 Å². The molecule has 3 aromatic rings. The number of benzene rings is 2. The summed E-state index contributed by atoms with van der Waals surface area (Å²) in [6, 6.07) is 10.4. The van der Waals surface area contributed by atoms with Crippen LogP contribution in [0.4, 0.5) is 0 Å². The monoisotopic (exact) mass is 674 g/mol. The number of ether oxygens (including phenoxy) is 3. The molecule has 0 saturated heterocycles. The smallest absolute Gasteiger partial charge is 0.338 e. The molecule has 0 radical (unpaired) electrons. The van der Waals surface area contributed by atoms with E-state index in [1.54, 1.807) is 30.6 Å². The maximum atomic E-state index is 14.0. The van der Waals surface area contributed by atoms with Gasteiger partial charge in [0.05, 0.1) is 33.0 Å². The largest absolute Gasteiger partial charge is 0.491 e. The number of fused-ring (bicyclic) bond motifs is 1. The Morgan fingerprint density at radius 2 is 2.00 bits per heavy atom. The van der Waals surface area contributed by atoms with Gasteiger partial charge < -0.3 is 14.2 Å². The molecule has 39 heavy (non-hydrogen) atoms. The predicted octanol–water partition coefficient (Wildman–Crippen LogP) is 5.68. The first-order chi connectivity index (χ1) is 18.7. The van der Waals surface area contributed by atoms with Crippen LogP contribution in [-0.4, -0.2) is 29.9 Å². The number of carbonyl (C=O) groups is 1. The third-order valence-corrected chi connectivity index (χ3v) is 7.79. The van der Waals surface area contributed by atoms with Gasteiger partial charge in [0.25, 0.3) is 5.56 Å². The maximum absolute atomic E-state index is 14.0. The number of para-hydroxylation sites is 1. The molecule has 0 saturated carbocycles. The first-order valence-electron chi connectivity index (χ1n) is 12.3. The Balaban J connectivity index is 1.99. The molecule has 1 aromatic heterocycles. The summed E-state index contributed by atoms with van der Waals surface area (Å²) in [5, 5.41) is 0. The van der Waals surface area contributed by atoms with Crippen LogP contribution in [0.25, 0.3) is 6.08 Å². The molecule has 2 heterocycles. The number of halogens is 2. The van der Waals surface area contributed by atoms with E-state index in [0.717, 1.165) is 8.95 Å². The van der Waals surface area contributed by atoms with Crippen LogP contribution in [0.3, 0.4) is 0 Å². The first-order valence-corrected chi connectivity index (χ1v) is 14.7. The highest BCUT2D eigenvalue weighted by Gasteiger charge is 2.35. The average molecular weight is 676 g/mol. The quantitative estimate of drug-likeness (QED) is 0.216. The lowest BCUT2D eigenvalue weighted by Crippen LogP contribution is -2.40. The normalized spacial score (nSPS) is 15.2. The van der Waals surface area contributed by atoms with Crippen molar-refractivity contribution in [3.05, 3.63) is 100 Å². The number of hydrogen-bond acceptors (Lipinski definition) is 7. The Bertz CT molecular complexity index is 1640. The Labute approximate surface area is 247 Å². The third kappa shape index (κ3) is 6.13. The number of thiazole rings is 1. The fourth-order valence-electron chi connectivity index (χ4n) is 4.28. The molecule has 4 rings (SSSR count). The van der Waals surface area contributed by atoms with Crippen molar-refractivity contribution in [1.29, 1.82) is 0 Å². The molecule has 0 aliphatic carbocycles. The molecule has 0 spiro atoms. The molecule has 0 bridgehead atoms. The molecule has 0 unspecified atom stereocenters. The molecule has 0 amide bonds. The van der Waals surface area contributed by atoms with Gasteiger partial charge in [-0.3, -0.25) is 9.36 Å². The minimum atomic E-state index is -0.775. The minimum absolute atomic E-state index is 0.109. The number of hydrogen-bond donors (Lipinski definition) is 0. The summed E-state index contributed by atoms with van der Waals surface area (Å²) < 4.78 is 20.9. The number of carbonyl (C=O) groups excluding carboxylic acids is 1. The highest BCUT2D eigenvalue weighted by molar-refractivity contribution is 9.11. The summed E-state index contributed by atoms with van der Waals surface area (Å²) >= 11 is 8.32. The van der Waals surface area contributed by atoms with E-state index in [1.165, 1.54) is 11.3 Å². The zero-order valence-electron chi connectivity index (χ0n) is 22.0. The number of allylic oxidation sites excluding steroid dienone is 1. The Hall–Kier alpha value is -2.95. The molecule has 1 aliphatic heterocycles. The molecular formula is C29H28Br2N2O5S. The summed E-state index contributed by atoms with van der Waals surface area (Å²) in [6.45, 7) is 11.6. The molecule has 7 nitrogen and oxygen atoms in total. The standard InChI is InChI=1S/C29H28Br2N2O5S/c1-6-12-37-26-18(13-19(30)15-21(26)31)14-23-27(34)33-25(20-10-8-9-11-22(20)38-16(3)4)24(28(35)36-7-2)17(5)32-29(33)39-23/h6,8-11,13-16,25H,1,7,12H2,2-5H3/b23-14-/t25-/m1/s1. The van der Waals surface area contributed by atoms with Crippen LogP contribution in [0.2, 0.25) is 0 Å². The van der Waals surface area contributed by atoms with Gasteiger partial charge in [-0.2, -0.15) is 0 Å². The summed E-state index contributed by atoms with van der Waals surface area (Å²) in [7, 11) is 0. The van der Waals surface area contributed by atoms with Gasteiger partial charge in [-0.1, -0.05) is 58.1 Å². The topological polar surface area (TPSA) is 79.1 Å². The van der Waals surface area contributed by atoms with Crippen molar-refractivity contribution in [2.45, 2.75) is 39.8 Å². The molecule has 2 aromatic carbocycles. The van der Waals surface area contributed by atoms with Gasteiger partial charge in [0.2, 0.25) is 0 Å². The van der Waals surface area contributed by atoms with Crippen molar-refractivity contribution in [2.75, 3.05) is 13.2 Å².